The monoisotopic (exact) mass is 294 g/mol. The molecule has 0 aliphatic rings. The highest BCUT2D eigenvalue weighted by molar-refractivity contribution is 7.99. The molecule has 7 nitrogen and oxygen atoms in total. The van der Waals surface area contributed by atoms with E-state index in [4.69, 9.17) is 5.11 Å². The Bertz CT molecular complexity index is 665. The zero-order valence-corrected chi connectivity index (χ0v) is 11.7. The Balaban J connectivity index is 2.12. The molecule has 0 atom stereocenters. The van der Waals surface area contributed by atoms with E-state index in [0.717, 1.165) is 23.9 Å². The normalized spacial score (nSPS) is 10.7. The zero-order chi connectivity index (χ0) is 14.5. The summed E-state index contributed by atoms with van der Waals surface area (Å²) < 4.78 is 3.56. The van der Waals surface area contributed by atoms with Crippen LogP contribution in [0.3, 0.4) is 0 Å². The molecule has 0 radical (unpaired) electrons. The van der Waals surface area contributed by atoms with E-state index < -0.39 is 5.97 Å². The van der Waals surface area contributed by atoms with Gasteiger partial charge in [-0.3, -0.25) is 14.3 Å². The Kier molecular flexibility index (Phi) is 4.57. The molecule has 0 saturated heterocycles. The molecule has 0 aromatic carbocycles. The van der Waals surface area contributed by atoms with Gasteiger partial charge in [-0.2, -0.15) is 10.1 Å². The van der Waals surface area contributed by atoms with Crippen molar-refractivity contribution in [2.75, 3.05) is 5.75 Å². The molecule has 0 bridgehead atoms. The summed E-state index contributed by atoms with van der Waals surface area (Å²) in [5.41, 5.74) is 0.688. The smallest absolute Gasteiger partial charge is 0.313 e. The molecule has 2 aromatic rings. The number of hydrogen-bond donors (Lipinski definition) is 1. The quantitative estimate of drug-likeness (QED) is 0.612. The van der Waals surface area contributed by atoms with Crippen molar-refractivity contribution in [2.45, 2.75) is 18.1 Å². The molecule has 1 N–H and O–H groups in total. The van der Waals surface area contributed by atoms with E-state index in [2.05, 4.69) is 10.1 Å². The van der Waals surface area contributed by atoms with Crippen LogP contribution < -0.4 is 5.56 Å². The van der Waals surface area contributed by atoms with Crippen molar-refractivity contribution >= 4 is 17.7 Å². The van der Waals surface area contributed by atoms with Gasteiger partial charge in [0.05, 0.1) is 5.75 Å². The Morgan fingerprint density at radius 2 is 2.25 bits per heavy atom. The minimum absolute atomic E-state index is 0.123. The van der Waals surface area contributed by atoms with Crippen molar-refractivity contribution in [3.8, 4) is 0 Å². The lowest BCUT2D eigenvalue weighted by Crippen LogP contribution is -2.16. The molecule has 0 unspecified atom stereocenters. The maximum atomic E-state index is 11.3. The maximum Gasteiger partial charge on any atom is 0.313 e. The highest BCUT2D eigenvalue weighted by Crippen LogP contribution is 2.14. The minimum atomic E-state index is -0.939. The molecule has 20 heavy (non-hydrogen) atoms. The van der Waals surface area contributed by atoms with Crippen LogP contribution in [0.25, 0.3) is 0 Å². The first-order valence-electron chi connectivity index (χ1n) is 5.95. The van der Waals surface area contributed by atoms with Gasteiger partial charge in [-0.15, -0.1) is 0 Å². The van der Waals surface area contributed by atoms with E-state index in [0.29, 0.717) is 11.7 Å². The fraction of sp³-hybridized carbons (Fsp3) is 0.333. The molecule has 2 heterocycles. The predicted octanol–water partition coefficient (Wildman–Crippen LogP) is 0.396. The maximum absolute atomic E-state index is 11.3. The summed E-state index contributed by atoms with van der Waals surface area (Å²) in [5.74, 6) is -1.06. The van der Waals surface area contributed by atoms with E-state index >= 15 is 0 Å². The number of carboxylic acid groups (broad SMARTS) is 1. The summed E-state index contributed by atoms with van der Waals surface area (Å²) in [4.78, 5) is 25.7. The average Bonchev–Trinajstić information content (AvgIpc) is 2.81. The predicted molar refractivity (Wildman–Crippen MR) is 73.8 cm³/mol. The third kappa shape index (κ3) is 3.70. The highest BCUT2D eigenvalue weighted by atomic mass is 32.2. The van der Waals surface area contributed by atoms with Crippen LogP contribution in [0.5, 0.6) is 0 Å². The van der Waals surface area contributed by atoms with Gasteiger partial charge < -0.3 is 9.67 Å². The lowest BCUT2D eigenvalue weighted by molar-refractivity contribution is -0.133. The van der Waals surface area contributed by atoms with Crippen LogP contribution in [0.1, 0.15) is 5.69 Å². The number of carbonyl (C=O) groups is 1. The molecule has 0 fully saturated rings. The van der Waals surface area contributed by atoms with E-state index in [-0.39, 0.29) is 11.3 Å². The van der Waals surface area contributed by atoms with Gasteiger partial charge in [-0.1, -0.05) is 11.8 Å². The Hall–Kier alpha value is -2.09. The lowest BCUT2D eigenvalue weighted by atomic mass is 10.3. The number of aliphatic carboxylic acids is 1. The van der Waals surface area contributed by atoms with Gasteiger partial charge in [-0.05, 0) is 6.07 Å². The van der Waals surface area contributed by atoms with Crippen LogP contribution in [0.2, 0.25) is 0 Å². The highest BCUT2D eigenvalue weighted by Gasteiger charge is 2.08. The van der Waals surface area contributed by atoms with Gasteiger partial charge in [0.1, 0.15) is 0 Å². The van der Waals surface area contributed by atoms with Crippen LogP contribution in [0, 0.1) is 0 Å². The SMILES string of the molecule is Cn1nccc1CCn1ccc(=O)nc1SCC(=O)O. The van der Waals surface area contributed by atoms with Gasteiger partial charge in [0.15, 0.2) is 5.16 Å². The van der Waals surface area contributed by atoms with Gasteiger partial charge in [0.2, 0.25) is 0 Å². The first kappa shape index (κ1) is 14.3. The van der Waals surface area contributed by atoms with Crippen molar-refractivity contribution in [3.05, 3.63) is 40.6 Å². The fourth-order valence-corrected chi connectivity index (χ4v) is 2.43. The molecular weight excluding hydrogens is 280 g/mol. The van der Waals surface area contributed by atoms with Crippen LogP contribution in [-0.4, -0.2) is 36.2 Å². The molecule has 0 aliphatic heterocycles. The van der Waals surface area contributed by atoms with Crippen molar-refractivity contribution in [2.24, 2.45) is 7.05 Å². The Morgan fingerprint density at radius 3 is 2.90 bits per heavy atom. The summed E-state index contributed by atoms with van der Waals surface area (Å²) >= 11 is 1.04. The molecule has 8 heteroatoms. The van der Waals surface area contributed by atoms with Crippen molar-refractivity contribution in [1.82, 2.24) is 19.3 Å². The fourth-order valence-electron chi connectivity index (χ4n) is 1.71. The van der Waals surface area contributed by atoms with Gasteiger partial charge in [0, 0.05) is 44.2 Å². The molecular formula is C12H14N4O3S. The average molecular weight is 294 g/mol. The number of aryl methyl sites for hydroxylation is 3. The topological polar surface area (TPSA) is 90.0 Å². The number of nitrogens with zero attached hydrogens (tertiary/aromatic N) is 4. The number of hydrogen-bond acceptors (Lipinski definition) is 5. The van der Waals surface area contributed by atoms with E-state index in [9.17, 15) is 9.59 Å². The van der Waals surface area contributed by atoms with Crippen LogP contribution in [0.4, 0.5) is 0 Å². The second kappa shape index (κ2) is 6.38. The Morgan fingerprint density at radius 1 is 1.45 bits per heavy atom. The van der Waals surface area contributed by atoms with E-state index in [1.165, 1.54) is 6.07 Å². The van der Waals surface area contributed by atoms with Crippen molar-refractivity contribution in [1.29, 1.82) is 0 Å². The Labute approximate surface area is 119 Å². The molecule has 106 valence electrons. The third-order valence-corrected chi connectivity index (χ3v) is 3.68. The minimum Gasteiger partial charge on any atom is -0.481 e. The van der Waals surface area contributed by atoms with E-state index in [1.54, 1.807) is 21.6 Å². The number of carboxylic acids is 1. The zero-order valence-electron chi connectivity index (χ0n) is 10.9. The number of thioether (sulfide) groups is 1. The van der Waals surface area contributed by atoms with E-state index in [1.807, 2.05) is 13.1 Å². The molecule has 0 spiro atoms. The van der Waals surface area contributed by atoms with Crippen molar-refractivity contribution < 1.29 is 9.90 Å². The molecule has 0 saturated carbocycles. The summed E-state index contributed by atoms with van der Waals surface area (Å²) in [7, 11) is 1.86. The lowest BCUT2D eigenvalue weighted by Gasteiger charge is -2.10. The second-order valence-corrected chi connectivity index (χ2v) is 5.06. The standard InChI is InChI=1S/C12H14N4O3S/c1-15-9(2-5-13-15)3-6-16-7-4-10(17)14-12(16)20-8-11(18)19/h2,4-5,7H,3,6,8H2,1H3,(H,18,19). The third-order valence-electron chi connectivity index (χ3n) is 2.70. The summed E-state index contributed by atoms with van der Waals surface area (Å²) in [6.45, 7) is 0.606. The first-order valence-corrected chi connectivity index (χ1v) is 6.94. The van der Waals surface area contributed by atoms with Crippen LogP contribution in [0.15, 0.2) is 34.5 Å². The van der Waals surface area contributed by atoms with Crippen molar-refractivity contribution in [3.63, 3.8) is 0 Å². The van der Waals surface area contributed by atoms with Gasteiger partial charge in [0.25, 0.3) is 5.56 Å². The summed E-state index contributed by atoms with van der Waals surface area (Å²) in [6, 6.07) is 3.29. The van der Waals surface area contributed by atoms with Crippen LogP contribution in [-0.2, 0) is 24.8 Å². The summed E-state index contributed by atoms with van der Waals surface area (Å²) in [5, 5.41) is 13.2. The molecule has 0 amide bonds. The second-order valence-electron chi connectivity index (χ2n) is 4.12. The summed E-state index contributed by atoms with van der Waals surface area (Å²) in [6.07, 6.45) is 4.08. The number of aromatic nitrogens is 4. The number of rotatable bonds is 6. The largest absolute Gasteiger partial charge is 0.481 e. The molecule has 2 aromatic heterocycles. The van der Waals surface area contributed by atoms with Gasteiger partial charge in [-0.25, -0.2) is 0 Å². The first-order chi connectivity index (χ1) is 9.56. The van der Waals surface area contributed by atoms with Gasteiger partial charge >= 0.3 is 5.97 Å². The molecule has 0 aliphatic carbocycles. The van der Waals surface area contributed by atoms with Crippen LogP contribution >= 0.6 is 11.8 Å². The molecule has 2 rings (SSSR count).